The molecule has 5 heteroatoms. The Labute approximate surface area is 95.0 Å². The topological polar surface area (TPSA) is 87.4 Å². The van der Waals surface area contributed by atoms with Crippen LogP contribution < -0.4 is 0 Å². The van der Waals surface area contributed by atoms with E-state index in [-0.39, 0.29) is 12.8 Å². The summed E-state index contributed by atoms with van der Waals surface area (Å²) in [5, 5.41) is 17.6. The average molecular weight is 227 g/mol. The highest BCUT2D eigenvalue weighted by Crippen LogP contribution is 2.10. The van der Waals surface area contributed by atoms with Gasteiger partial charge < -0.3 is 9.84 Å². The van der Waals surface area contributed by atoms with E-state index in [0.717, 1.165) is 0 Å². The summed E-state index contributed by atoms with van der Waals surface area (Å²) in [4.78, 5) is 22.6. The van der Waals surface area contributed by atoms with Gasteiger partial charge >= 0.3 is 5.97 Å². The Morgan fingerprint density at radius 1 is 1.44 bits per heavy atom. The highest BCUT2D eigenvalue weighted by molar-refractivity contribution is 6.01. The SMILES string of the molecule is CC(C)(C)OC(=O)[C@H](O)C(=O)CCCC#N. The van der Waals surface area contributed by atoms with Crippen molar-refractivity contribution in [3.05, 3.63) is 0 Å². The van der Waals surface area contributed by atoms with Crippen LogP contribution in [0.25, 0.3) is 0 Å². The lowest BCUT2D eigenvalue weighted by molar-refractivity contribution is -0.167. The number of nitriles is 1. The Morgan fingerprint density at radius 3 is 2.44 bits per heavy atom. The molecule has 90 valence electrons. The van der Waals surface area contributed by atoms with E-state index in [1.54, 1.807) is 20.8 Å². The molecule has 0 aliphatic rings. The second kappa shape index (κ2) is 6.23. The number of aliphatic hydroxyl groups is 1. The first-order valence-electron chi connectivity index (χ1n) is 5.08. The van der Waals surface area contributed by atoms with Gasteiger partial charge in [0.15, 0.2) is 5.78 Å². The van der Waals surface area contributed by atoms with Crippen molar-refractivity contribution in [2.75, 3.05) is 0 Å². The van der Waals surface area contributed by atoms with Crippen molar-refractivity contribution in [2.24, 2.45) is 0 Å². The molecule has 0 fully saturated rings. The smallest absolute Gasteiger partial charge is 0.343 e. The number of unbranched alkanes of at least 4 members (excludes halogenated alkanes) is 1. The van der Waals surface area contributed by atoms with Crippen LogP contribution in [0.15, 0.2) is 0 Å². The van der Waals surface area contributed by atoms with Crippen LogP contribution in [0.4, 0.5) is 0 Å². The van der Waals surface area contributed by atoms with E-state index in [0.29, 0.717) is 6.42 Å². The summed E-state index contributed by atoms with van der Waals surface area (Å²) in [5.74, 6) is -1.54. The van der Waals surface area contributed by atoms with Gasteiger partial charge in [0, 0.05) is 12.8 Å². The van der Waals surface area contributed by atoms with Crippen LogP contribution in [-0.2, 0) is 14.3 Å². The molecule has 0 rings (SSSR count). The van der Waals surface area contributed by atoms with E-state index < -0.39 is 23.5 Å². The first-order chi connectivity index (χ1) is 7.28. The van der Waals surface area contributed by atoms with Crippen LogP contribution in [0.3, 0.4) is 0 Å². The number of Topliss-reactive ketones (excluding diaryl/α,β-unsaturated/α-hetero) is 1. The summed E-state index contributed by atoms with van der Waals surface area (Å²) in [6, 6.07) is 1.88. The second-order valence-electron chi connectivity index (χ2n) is 4.41. The molecule has 5 nitrogen and oxygen atoms in total. The lowest BCUT2D eigenvalue weighted by Crippen LogP contribution is -2.36. The molecule has 1 atom stereocenters. The molecule has 0 saturated heterocycles. The van der Waals surface area contributed by atoms with Gasteiger partial charge in [-0.25, -0.2) is 4.79 Å². The molecule has 1 N–H and O–H groups in total. The molecule has 16 heavy (non-hydrogen) atoms. The summed E-state index contributed by atoms with van der Waals surface area (Å²) in [6.45, 7) is 4.95. The van der Waals surface area contributed by atoms with Crippen molar-refractivity contribution >= 4 is 11.8 Å². The molecular weight excluding hydrogens is 210 g/mol. The zero-order valence-electron chi connectivity index (χ0n) is 9.82. The molecule has 0 aliphatic heterocycles. The third-order valence-electron chi connectivity index (χ3n) is 1.65. The quantitative estimate of drug-likeness (QED) is 0.429. The van der Waals surface area contributed by atoms with Crippen LogP contribution in [0.1, 0.15) is 40.0 Å². The minimum absolute atomic E-state index is 0.00791. The molecule has 0 aromatic heterocycles. The molecule has 0 radical (unpaired) electrons. The molecule has 0 aromatic carbocycles. The molecule has 0 saturated carbocycles. The molecule has 0 heterocycles. The zero-order chi connectivity index (χ0) is 12.8. The number of ether oxygens (including phenoxy) is 1. The van der Waals surface area contributed by atoms with E-state index in [1.165, 1.54) is 0 Å². The minimum atomic E-state index is -1.74. The maximum atomic E-state index is 11.3. The number of rotatable bonds is 5. The van der Waals surface area contributed by atoms with Gasteiger partial charge in [-0.3, -0.25) is 4.79 Å². The standard InChI is InChI=1S/C11H17NO4/c1-11(2,3)16-10(15)9(14)8(13)6-4-5-7-12/h9,14H,4-6H2,1-3H3/t9-/m1/s1. The molecule has 0 spiro atoms. The van der Waals surface area contributed by atoms with Gasteiger partial charge in [0.2, 0.25) is 6.10 Å². The lowest BCUT2D eigenvalue weighted by Gasteiger charge is -2.21. The van der Waals surface area contributed by atoms with Crippen molar-refractivity contribution in [3.63, 3.8) is 0 Å². The van der Waals surface area contributed by atoms with Gasteiger partial charge in [0.05, 0.1) is 6.07 Å². The highest BCUT2D eigenvalue weighted by atomic mass is 16.6. The molecule has 0 unspecified atom stereocenters. The van der Waals surface area contributed by atoms with Crippen molar-refractivity contribution in [1.29, 1.82) is 5.26 Å². The van der Waals surface area contributed by atoms with Crippen LogP contribution in [0.2, 0.25) is 0 Å². The van der Waals surface area contributed by atoms with Crippen molar-refractivity contribution in [3.8, 4) is 6.07 Å². The number of hydrogen-bond donors (Lipinski definition) is 1. The molecular formula is C11H17NO4. The fourth-order valence-corrected chi connectivity index (χ4v) is 0.967. The van der Waals surface area contributed by atoms with Gasteiger partial charge in [0.25, 0.3) is 0 Å². The summed E-state index contributed by atoms with van der Waals surface area (Å²) >= 11 is 0. The van der Waals surface area contributed by atoms with Crippen molar-refractivity contribution in [1.82, 2.24) is 0 Å². The van der Waals surface area contributed by atoms with Gasteiger partial charge in [-0.05, 0) is 27.2 Å². The van der Waals surface area contributed by atoms with E-state index in [9.17, 15) is 14.7 Å². The van der Waals surface area contributed by atoms with E-state index in [1.807, 2.05) is 6.07 Å². The van der Waals surface area contributed by atoms with Gasteiger partial charge in [-0.2, -0.15) is 5.26 Å². The van der Waals surface area contributed by atoms with Crippen molar-refractivity contribution < 1.29 is 19.4 Å². The Kier molecular flexibility index (Phi) is 5.68. The number of esters is 1. The van der Waals surface area contributed by atoms with Crippen LogP contribution >= 0.6 is 0 Å². The molecule has 0 aromatic rings. The number of ketones is 1. The number of hydrogen-bond acceptors (Lipinski definition) is 5. The first kappa shape index (κ1) is 14.6. The second-order valence-corrected chi connectivity index (χ2v) is 4.41. The van der Waals surface area contributed by atoms with E-state index in [4.69, 9.17) is 10.00 Å². The fraction of sp³-hybridized carbons (Fsp3) is 0.727. The Balaban J connectivity index is 4.13. The zero-order valence-corrected chi connectivity index (χ0v) is 9.82. The third-order valence-corrected chi connectivity index (χ3v) is 1.65. The van der Waals surface area contributed by atoms with Crippen LogP contribution in [0.5, 0.6) is 0 Å². The third kappa shape index (κ3) is 6.14. The summed E-state index contributed by atoms with van der Waals surface area (Å²) < 4.78 is 4.85. The molecule has 0 amide bonds. The maximum Gasteiger partial charge on any atom is 0.343 e. The molecule has 0 bridgehead atoms. The largest absolute Gasteiger partial charge is 0.458 e. The first-order valence-corrected chi connectivity index (χ1v) is 5.08. The maximum absolute atomic E-state index is 11.3. The Morgan fingerprint density at radius 2 is 2.00 bits per heavy atom. The predicted octanol–water partition coefficient (Wildman–Crippen LogP) is 0.952. The van der Waals surface area contributed by atoms with Gasteiger partial charge in [-0.15, -0.1) is 0 Å². The lowest BCUT2D eigenvalue weighted by atomic mass is 10.1. The van der Waals surface area contributed by atoms with Gasteiger partial charge in [-0.1, -0.05) is 0 Å². The number of aliphatic hydroxyl groups excluding tert-OH is 1. The van der Waals surface area contributed by atoms with Crippen LogP contribution in [0, 0.1) is 11.3 Å². The number of nitrogens with zero attached hydrogens (tertiary/aromatic N) is 1. The predicted molar refractivity (Wildman–Crippen MR) is 56.3 cm³/mol. The Hall–Kier alpha value is -1.41. The van der Waals surface area contributed by atoms with Crippen LogP contribution in [-0.4, -0.2) is 28.6 Å². The normalized spacial score (nSPS) is 12.7. The summed E-state index contributed by atoms with van der Waals surface area (Å²) in [6.07, 6.45) is -1.16. The number of carbonyl (C=O) groups is 2. The Bertz CT molecular complexity index is 298. The van der Waals surface area contributed by atoms with E-state index in [2.05, 4.69) is 0 Å². The summed E-state index contributed by atoms with van der Waals surface area (Å²) in [7, 11) is 0. The van der Waals surface area contributed by atoms with Crippen molar-refractivity contribution in [2.45, 2.75) is 51.7 Å². The number of carbonyl (C=O) groups excluding carboxylic acids is 2. The molecule has 0 aliphatic carbocycles. The van der Waals surface area contributed by atoms with Gasteiger partial charge in [0.1, 0.15) is 5.60 Å². The summed E-state index contributed by atoms with van der Waals surface area (Å²) in [5.41, 5.74) is -0.731. The minimum Gasteiger partial charge on any atom is -0.458 e. The van der Waals surface area contributed by atoms with E-state index >= 15 is 0 Å². The highest BCUT2D eigenvalue weighted by Gasteiger charge is 2.28. The monoisotopic (exact) mass is 227 g/mol. The fourth-order valence-electron chi connectivity index (χ4n) is 0.967. The average Bonchev–Trinajstić information content (AvgIpc) is 2.14.